The van der Waals surface area contributed by atoms with Crippen molar-refractivity contribution in [2.75, 3.05) is 26.0 Å². The van der Waals surface area contributed by atoms with E-state index in [9.17, 15) is 9.59 Å². The van der Waals surface area contributed by atoms with Crippen LogP contribution in [0.25, 0.3) is 0 Å². The monoisotopic (exact) mass is 332 g/mol. The largest absolute Gasteiger partial charge is 0.484 e. The van der Waals surface area contributed by atoms with Gasteiger partial charge in [0.05, 0.1) is 10.6 Å². The first kappa shape index (κ1) is 16.8. The Kier molecular flexibility index (Phi) is 5.60. The average molecular weight is 333 g/mol. The molecule has 2 aromatic carbocycles. The summed E-state index contributed by atoms with van der Waals surface area (Å²) >= 11 is 5.99. The van der Waals surface area contributed by atoms with Gasteiger partial charge in [0.2, 0.25) is 0 Å². The molecular weight excluding hydrogens is 316 g/mol. The van der Waals surface area contributed by atoms with E-state index in [1.165, 1.54) is 4.90 Å². The SMILES string of the molecule is CN(C)C(=O)COc1ccc(NC(=O)c2ccccc2Cl)cc1. The number of amides is 2. The number of carbonyl (C=O) groups is 2. The first-order valence-electron chi connectivity index (χ1n) is 6.96. The number of hydrogen-bond donors (Lipinski definition) is 1. The first-order chi connectivity index (χ1) is 11.0. The summed E-state index contributed by atoms with van der Waals surface area (Å²) in [5, 5.41) is 3.15. The Morgan fingerprint density at radius 3 is 2.35 bits per heavy atom. The van der Waals surface area contributed by atoms with E-state index in [-0.39, 0.29) is 18.4 Å². The summed E-state index contributed by atoms with van der Waals surface area (Å²) in [5.41, 5.74) is 1.02. The molecule has 0 aromatic heterocycles. The smallest absolute Gasteiger partial charge is 0.259 e. The Balaban J connectivity index is 1.96. The van der Waals surface area contributed by atoms with Crippen LogP contribution in [0.1, 0.15) is 10.4 Å². The molecule has 0 saturated heterocycles. The third-order valence-corrected chi connectivity index (χ3v) is 3.42. The number of anilines is 1. The maximum atomic E-state index is 12.1. The van der Waals surface area contributed by atoms with E-state index in [1.54, 1.807) is 62.6 Å². The molecule has 1 N–H and O–H groups in total. The van der Waals surface area contributed by atoms with Gasteiger partial charge in [-0.3, -0.25) is 9.59 Å². The number of benzene rings is 2. The van der Waals surface area contributed by atoms with Crippen molar-refractivity contribution in [3.63, 3.8) is 0 Å². The molecule has 120 valence electrons. The highest BCUT2D eigenvalue weighted by Crippen LogP contribution is 2.19. The van der Waals surface area contributed by atoms with Crippen LogP contribution < -0.4 is 10.1 Å². The third-order valence-electron chi connectivity index (χ3n) is 3.09. The minimum absolute atomic E-state index is 0.0294. The van der Waals surface area contributed by atoms with Gasteiger partial charge in [-0.2, -0.15) is 0 Å². The van der Waals surface area contributed by atoms with Crippen molar-refractivity contribution in [3.05, 3.63) is 59.1 Å². The molecule has 2 amide bonds. The Morgan fingerprint density at radius 2 is 1.74 bits per heavy atom. The molecule has 0 unspecified atom stereocenters. The quantitative estimate of drug-likeness (QED) is 0.915. The normalized spacial score (nSPS) is 10.0. The van der Waals surface area contributed by atoms with Gasteiger partial charge < -0.3 is 15.0 Å². The highest BCUT2D eigenvalue weighted by molar-refractivity contribution is 6.34. The molecule has 0 spiro atoms. The fourth-order valence-corrected chi connectivity index (χ4v) is 1.97. The van der Waals surface area contributed by atoms with E-state index >= 15 is 0 Å². The van der Waals surface area contributed by atoms with Crippen molar-refractivity contribution in [2.45, 2.75) is 0 Å². The van der Waals surface area contributed by atoms with Crippen LogP contribution in [0.2, 0.25) is 5.02 Å². The summed E-state index contributed by atoms with van der Waals surface area (Å²) in [4.78, 5) is 25.0. The van der Waals surface area contributed by atoms with Crippen LogP contribution in [0.15, 0.2) is 48.5 Å². The average Bonchev–Trinajstić information content (AvgIpc) is 2.54. The molecule has 0 atom stereocenters. The van der Waals surface area contributed by atoms with Gasteiger partial charge in [0.1, 0.15) is 5.75 Å². The zero-order valence-corrected chi connectivity index (χ0v) is 13.6. The number of hydrogen-bond acceptors (Lipinski definition) is 3. The Bertz CT molecular complexity index is 699. The molecule has 0 aliphatic rings. The van der Waals surface area contributed by atoms with Gasteiger partial charge in [-0.1, -0.05) is 23.7 Å². The van der Waals surface area contributed by atoms with E-state index < -0.39 is 0 Å². The summed E-state index contributed by atoms with van der Waals surface area (Å²) in [6.45, 7) is -0.0294. The van der Waals surface area contributed by atoms with Crippen LogP contribution in [0.3, 0.4) is 0 Å². The van der Waals surface area contributed by atoms with E-state index in [0.29, 0.717) is 22.0 Å². The fraction of sp³-hybridized carbons (Fsp3) is 0.176. The van der Waals surface area contributed by atoms with Crippen molar-refractivity contribution >= 4 is 29.1 Å². The Labute approximate surface area is 139 Å². The lowest BCUT2D eigenvalue weighted by Crippen LogP contribution is -2.27. The predicted molar refractivity (Wildman–Crippen MR) is 90.0 cm³/mol. The second-order valence-corrected chi connectivity index (χ2v) is 5.44. The number of nitrogens with zero attached hydrogens (tertiary/aromatic N) is 1. The van der Waals surface area contributed by atoms with E-state index in [2.05, 4.69) is 5.32 Å². The zero-order chi connectivity index (χ0) is 16.8. The molecule has 0 saturated carbocycles. The van der Waals surface area contributed by atoms with Gasteiger partial charge in [-0.05, 0) is 36.4 Å². The predicted octanol–water partition coefficient (Wildman–Crippen LogP) is 3.06. The number of carbonyl (C=O) groups excluding carboxylic acids is 2. The van der Waals surface area contributed by atoms with Crippen molar-refractivity contribution in [3.8, 4) is 5.75 Å². The maximum Gasteiger partial charge on any atom is 0.259 e. The van der Waals surface area contributed by atoms with Crippen molar-refractivity contribution in [2.24, 2.45) is 0 Å². The molecule has 6 heteroatoms. The summed E-state index contributed by atoms with van der Waals surface area (Å²) < 4.78 is 5.37. The Morgan fingerprint density at radius 1 is 1.09 bits per heavy atom. The first-order valence-corrected chi connectivity index (χ1v) is 7.34. The number of halogens is 1. The van der Waals surface area contributed by atoms with Gasteiger partial charge in [-0.15, -0.1) is 0 Å². The van der Waals surface area contributed by atoms with E-state index in [0.717, 1.165) is 0 Å². The lowest BCUT2D eigenvalue weighted by atomic mass is 10.2. The molecule has 0 aliphatic carbocycles. The molecule has 0 radical (unpaired) electrons. The molecule has 2 aromatic rings. The van der Waals surface area contributed by atoms with Crippen molar-refractivity contribution in [1.82, 2.24) is 4.90 Å². The second kappa shape index (κ2) is 7.65. The molecule has 0 aliphatic heterocycles. The molecule has 5 nitrogen and oxygen atoms in total. The summed E-state index contributed by atoms with van der Waals surface area (Å²) in [7, 11) is 3.33. The minimum atomic E-state index is -0.285. The van der Waals surface area contributed by atoms with Gasteiger partial charge >= 0.3 is 0 Å². The molecule has 23 heavy (non-hydrogen) atoms. The third kappa shape index (κ3) is 4.72. The highest BCUT2D eigenvalue weighted by atomic mass is 35.5. The van der Waals surface area contributed by atoms with Crippen LogP contribution in [-0.2, 0) is 4.79 Å². The number of likely N-dealkylation sites (N-methyl/N-ethyl adjacent to an activating group) is 1. The lowest BCUT2D eigenvalue weighted by Gasteiger charge is -2.12. The van der Waals surface area contributed by atoms with Crippen molar-refractivity contribution < 1.29 is 14.3 Å². The molecule has 0 heterocycles. The summed E-state index contributed by atoms with van der Waals surface area (Å²) in [5.74, 6) is 0.143. The number of rotatable bonds is 5. The number of nitrogens with one attached hydrogen (secondary N) is 1. The Hall–Kier alpha value is -2.53. The summed E-state index contributed by atoms with van der Waals surface area (Å²) in [6, 6.07) is 13.6. The highest BCUT2D eigenvalue weighted by Gasteiger charge is 2.10. The molecule has 0 bridgehead atoms. The number of ether oxygens (including phenoxy) is 1. The standard InChI is InChI=1S/C17H17ClN2O3/c1-20(2)16(21)11-23-13-9-7-12(8-10-13)19-17(22)14-5-3-4-6-15(14)18/h3-10H,11H2,1-2H3,(H,19,22). The van der Waals surface area contributed by atoms with Gasteiger partial charge in [0, 0.05) is 19.8 Å². The van der Waals surface area contributed by atoms with Crippen LogP contribution in [0.5, 0.6) is 5.75 Å². The maximum absolute atomic E-state index is 12.1. The van der Waals surface area contributed by atoms with Gasteiger partial charge in [0.15, 0.2) is 6.61 Å². The zero-order valence-electron chi connectivity index (χ0n) is 12.9. The molecular formula is C17H17ClN2O3. The topological polar surface area (TPSA) is 58.6 Å². The fourth-order valence-electron chi connectivity index (χ4n) is 1.75. The van der Waals surface area contributed by atoms with Gasteiger partial charge in [0.25, 0.3) is 11.8 Å². The van der Waals surface area contributed by atoms with E-state index in [4.69, 9.17) is 16.3 Å². The second-order valence-electron chi connectivity index (χ2n) is 5.04. The van der Waals surface area contributed by atoms with E-state index in [1.807, 2.05) is 0 Å². The van der Waals surface area contributed by atoms with Crippen LogP contribution in [0, 0.1) is 0 Å². The van der Waals surface area contributed by atoms with Crippen LogP contribution >= 0.6 is 11.6 Å². The summed E-state index contributed by atoms with van der Waals surface area (Å²) in [6.07, 6.45) is 0. The van der Waals surface area contributed by atoms with Gasteiger partial charge in [-0.25, -0.2) is 0 Å². The van der Waals surface area contributed by atoms with Crippen molar-refractivity contribution in [1.29, 1.82) is 0 Å². The molecule has 2 rings (SSSR count). The van der Waals surface area contributed by atoms with Crippen LogP contribution in [0.4, 0.5) is 5.69 Å². The molecule has 0 fully saturated rings. The minimum Gasteiger partial charge on any atom is -0.484 e. The van der Waals surface area contributed by atoms with Crippen LogP contribution in [-0.4, -0.2) is 37.4 Å². The lowest BCUT2D eigenvalue weighted by molar-refractivity contribution is -0.130.